The first kappa shape index (κ1) is 13.4. The van der Waals surface area contributed by atoms with E-state index >= 15 is 0 Å². The molecular formula is C14H20N2OS2. The Hall–Kier alpha value is -0.550. The van der Waals surface area contributed by atoms with Crippen LogP contribution in [0.2, 0.25) is 0 Å². The average Bonchev–Trinajstić information content (AvgIpc) is 3.10. The third kappa shape index (κ3) is 3.51. The van der Waals surface area contributed by atoms with E-state index in [2.05, 4.69) is 10.3 Å². The van der Waals surface area contributed by atoms with Crippen LogP contribution in [-0.2, 0) is 11.2 Å². The van der Waals surface area contributed by atoms with Crippen molar-refractivity contribution in [3.63, 3.8) is 0 Å². The number of carbonyl (C=O) groups is 1. The van der Waals surface area contributed by atoms with Crippen LogP contribution in [0.1, 0.15) is 47.3 Å². The van der Waals surface area contributed by atoms with Crippen LogP contribution in [-0.4, -0.2) is 22.4 Å². The Balaban J connectivity index is 1.52. The molecule has 1 heterocycles. The van der Waals surface area contributed by atoms with Gasteiger partial charge in [-0.3, -0.25) is 4.79 Å². The van der Waals surface area contributed by atoms with Crippen LogP contribution < -0.4 is 5.32 Å². The predicted molar refractivity (Wildman–Crippen MR) is 80.7 cm³/mol. The summed E-state index contributed by atoms with van der Waals surface area (Å²) in [5, 5.41) is 4.29. The number of aromatic nitrogens is 1. The molecule has 1 aromatic rings. The molecule has 104 valence electrons. The summed E-state index contributed by atoms with van der Waals surface area (Å²) in [5.41, 5.74) is 1.13. The van der Waals surface area contributed by atoms with Gasteiger partial charge in [0.15, 0.2) is 0 Å². The lowest BCUT2D eigenvalue weighted by Gasteiger charge is -2.22. The largest absolute Gasteiger partial charge is 0.347 e. The summed E-state index contributed by atoms with van der Waals surface area (Å²) < 4.78 is 0. The van der Waals surface area contributed by atoms with Crippen LogP contribution in [0.3, 0.4) is 0 Å². The second kappa shape index (κ2) is 5.83. The lowest BCUT2D eigenvalue weighted by atomic mass is 9.98. The van der Waals surface area contributed by atoms with Gasteiger partial charge in [0.1, 0.15) is 0 Å². The zero-order valence-electron chi connectivity index (χ0n) is 11.3. The Kier molecular flexibility index (Phi) is 4.12. The van der Waals surface area contributed by atoms with E-state index < -0.39 is 0 Å². The number of rotatable bonds is 5. The first-order valence-corrected chi connectivity index (χ1v) is 9.03. The quantitative estimate of drug-likeness (QED) is 0.908. The highest BCUT2D eigenvalue weighted by molar-refractivity contribution is 7.99. The molecule has 5 heteroatoms. The maximum absolute atomic E-state index is 12.0. The monoisotopic (exact) mass is 296 g/mol. The van der Waals surface area contributed by atoms with Crippen molar-refractivity contribution in [3.05, 3.63) is 15.6 Å². The van der Waals surface area contributed by atoms with Crippen molar-refractivity contribution in [3.8, 4) is 0 Å². The molecule has 2 aliphatic carbocycles. The number of nitrogens with zero attached hydrogens (tertiary/aromatic N) is 1. The summed E-state index contributed by atoms with van der Waals surface area (Å²) in [4.78, 5) is 17.9. The van der Waals surface area contributed by atoms with E-state index in [0.29, 0.717) is 5.75 Å². The molecule has 0 bridgehead atoms. The second-order valence-electron chi connectivity index (χ2n) is 5.51. The Bertz CT molecular complexity index is 468. The Morgan fingerprint density at radius 2 is 2.32 bits per heavy atom. The molecule has 1 fully saturated rings. The standard InChI is InChI=1S/C14H20N2OS2/c1-9-15-14-11(3-2-4-12(14)19-9)16-13(17)8-18-7-10-5-6-10/h10-11H,2-8H2,1H3,(H,16,17). The van der Waals surface area contributed by atoms with Crippen LogP contribution >= 0.6 is 23.1 Å². The number of carbonyl (C=O) groups excluding carboxylic acids is 1. The van der Waals surface area contributed by atoms with Crippen molar-refractivity contribution in [1.29, 1.82) is 0 Å². The first-order chi connectivity index (χ1) is 9.22. The molecule has 1 saturated carbocycles. The summed E-state index contributed by atoms with van der Waals surface area (Å²) in [5.74, 6) is 2.82. The number of hydrogen-bond donors (Lipinski definition) is 1. The second-order valence-corrected chi connectivity index (χ2v) is 7.83. The minimum atomic E-state index is 0.155. The minimum Gasteiger partial charge on any atom is -0.347 e. The highest BCUT2D eigenvalue weighted by Gasteiger charge is 2.26. The number of nitrogens with one attached hydrogen (secondary N) is 1. The van der Waals surface area contributed by atoms with Gasteiger partial charge in [0.05, 0.1) is 22.5 Å². The summed E-state index contributed by atoms with van der Waals surface area (Å²) in [7, 11) is 0. The zero-order valence-corrected chi connectivity index (χ0v) is 12.9. The van der Waals surface area contributed by atoms with Crippen LogP contribution in [0.5, 0.6) is 0 Å². The molecule has 1 N–H and O–H groups in total. The molecule has 0 saturated heterocycles. The van der Waals surface area contributed by atoms with Crippen LogP contribution in [0, 0.1) is 12.8 Å². The van der Waals surface area contributed by atoms with Gasteiger partial charge in [0, 0.05) is 4.88 Å². The summed E-state index contributed by atoms with van der Waals surface area (Å²) in [6, 6.07) is 0.155. The van der Waals surface area contributed by atoms with Gasteiger partial charge in [-0.05, 0) is 50.7 Å². The van der Waals surface area contributed by atoms with Gasteiger partial charge in [-0.2, -0.15) is 11.8 Å². The fourth-order valence-electron chi connectivity index (χ4n) is 2.52. The molecule has 1 atom stereocenters. The number of aryl methyl sites for hydroxylation is 2. The smallest absolute Gasteiger partial charge is 0.230 e. The third-order valence-electron chi connectivity index (χ3n) is 3.68. The van der Waals surface area contributed by atoms with Crippen molar-refractivity contribution >= 4 is 29.0 Å². The molecule has 1 unspecified atom stereocenters. The van der Waals surface area contributed by atoms with Gasteiger partial charge in [-0.15, -0.1) is 11.3 Å². The first-order valence-electron chi connectivity index (χ1n) is 7.05. The zero-order chi connectivity index (χ0) is 13.2. The average molecular weight is 296 g/mol. The number of amides is 1. The SMILES string of the molecule is Cc1nc2c(s1)CCCC2NC(=O)CSCC1CC1. The van der Waals surface area contributed by atoms with Gasteiger partial charge >= 0.3 is 0 Å². The lowest BCUT2D eigenvalue weighted by molar-refractivity contribution is -0.119. The van der Waals surface area contributed by atoms with Crippen molar-refractivity contribution < 1.29 is 4.79 Å². The van der Waals surface area contributed by atoms with Crippen LogP contribution in [0.4, 0.5) is 0 Å². The van der Waals surface area contributed by atoms with E-state index in [1.54, 1.807) is 23.1 Å². The normalized spacial score (nSPS) is 22.1. The molecule has 1 amide bonds. The van der Waals surface area contributed by atoms with E-state index in [1.165, 1.54) is 17.7 Å². The van der Waals surface area contributed by atoms with Crippen molar-refractivity contribution in [2.45, 2.75) is 45.1 Å². The van der Waals surface area contributed by atoms with E-state index in [0.717, 1.165) is 41.6 Å². The van der Waals surface area contributed by atoms with Crippen molar-refractivity contribution in [2.24, 2.45) is 5.92 Å². The van der Waals surface area contributed by atoms with Gasteiger partial charge < -0.3 is 5.32 Å². The Morgan fingerprint density at radius 1 is 1.47 bits per heavy atom. The number of hydrogen-bond acceptors (Lipinski definition) is 4. The van der Waals surface area contributed by atoms with E-state index in [9.17, 15) is 4.79 Å². The fraction of sp³-hybridized carbons (Fsp3) is 0.714. The number of thiazole rings is 1. The fourth-order valence-corrected chi connectivity index (χ4v) is 4.61. The van der Waals surface area contributed by atoms with Gasteiger partial charge in [0.2, 0.25) is 5.91 Å². The highest BCUT2D eigenvalue weighted by atomic mass is 32.2. The summed E-state index contributed by atoms with van der Waals surface area (Å²) in [6.07, 6.45) is 6.05. The molecule has 1 aromatic heterocycles. The van der Waals surface area contributed by atoms with E-state index in [1.807, 2.05) is 6.92 Å². The summed E-state index contributed by atoms with van der Waals surface area (Å²) >= 11 is 3.56. The molecule has 0 aliphatic heterocycles. The number of fused-ring (bicyclic) bond motifs is 1. The molecule has 2 aliphatic rings. The van der Waals surface area contributed by atoms with Crippen LogP contribution in [0.15, 0.2) is 0 Å². The predicted octanol–water partition coefficient (Wildman–Crippen LogP) is 3.09. The maximum atomic E-state index is 12.0. The highest BCUT2D eigenvalue weighted by Crippen LogP contribution is 2.34. The Labute approximate surface area is 122 Å². The molecule has 19 heavy (non-hydrogen) atoms. The van der Waals surface area contributed by atoms with E-state index in [-0.39, 0.29) is 11.9 Å². The number of thioether (sulfide) groups is 1. The topological polar surface area (TPSA) is 42.0 Å². The molecule has 0 aromatic carbocycles. The minimum absolute atomic E-state index is 0.155. The van der Waals surface area contributed by atoms with Gasteiger partial charge in [0.25, 0.3) is 0 Å². The third-order valence-corrected chi connectivity index (χ3v) is 5.90. The van der Waals surface area contributed by atoms with E-state index in [4.69, 9.17) is 0 Å². The van der Waals surface area contributed by atoms with Crippen LogP contribution in [0.25, 0.3) is 0 Å². The maximum Gasteiger partial charge on any atom is 0.230 e. The molecule has 0 spiro atoms. The molecule has 3 nitrogen and oxygen atoms in total. The summed E-state index contributed by atoms with van der Waals surface area (Å²) in [6.45, 7) is 2.05. The lowest BCUT2D eigenvalue weighted by Crippen LogP contribution is -2.32. The molecular weight excluding hydrogens is 276 g/mol. The molecule has 0 radical (unpaired) electrons. The molecule has 3 rings (SSSR count). The van der Waals surface area contributed by atoms with Gasteiger partial charge in [-0.25, -0.2) is 4.98 Å². The van der Waals surface area contributed by atoms with Crippen molar-refractivity contribution in [1.82, 2.24) is 10.3 Å². The Morgan fingerprint density at radius 3 is 3.11 bits per heavy atom. The van der Waals surface area contributed by atoms with Gasteiger partial charge in [-0.1, -0.05) is 0 Å². The van der Waals surface area contributed by atoms with Crippen molar-refractivity contribution in [2.75, 3.05) is 11.5 Å².